The molecule has 0 saturated carbocycles. The lowest BCUT2D eigenvalue weighted by Gasteiger charge is -2.06. The molecule has 0 spiro atoms. The van der Waals surface area contributed by atoms with Gasteiger partial charge in [-0.2, -0.15) is 5.10 Å². The van der Waals surface area contributed by atoms with Crippen molar-refractivity contribution in [1.82, 2.24) is 5.43 Å². The van der Waals surface area contributed by atoms with E-state index in [-0.39, 0.29) is 17.9 Å². The van der Waals surface area contributed by atoms with Crippen molar-refractivity contribution in [2.45, 2.75) is 0 Å². The van der Waals surface area contributed by atoms with Crippen LogP contribution in [0.15, 0.2) is 53.6 Å². The molecule has 0 heterocycles. The summed E-state index contributed by atoms with van der Waals surface area (Å²) in [5.41, 5.74) is 3.15. The first kappa shape index (κ1) is 16.2. The van der Waals surface area contributed by atoms with E-state index in [1.807, 2.05) is 0 Å². The van der Waals surface area contributed by atoms with Crippen LogP contribution in [0.2, 0.25) is 0 Å². The summed E-state index contributed by atoms with van der Waals surface area (Å²) in [6.45, 7) is -0.0644. The Morgan fingerprint density at radius 2 is 1.83 bits per heavy atom. The fourth-order valence-corrected chi connectivity index (χ4v) is 1.76. The van der Waals surface area contributed by atoms with Gasteiger partial charge in [0.25, 0.3) is 5.91 Å². The quantitative estimate of drug-likeness (QED) is 0.608. The molecule has 0 aliphatic heterocycles. The normalized spacial score (nSPS) is 10.5. The zero-order valence-electron chi connectivity index (χ0n) is 12.0. The van der Waals surface area contributed by atoms with Crippen molar-refractivity contribution in [3.05, 3.63) is 65.5 Å². The third-order valence-corrected chi connectivity index (χ3v) is 2.87. The van der Waals surface area contributed by atoms with Crippen LogP contribution in [0.1, 0.15) is 15.9 Å². The summed E-state index contributed by atoms with van der Waals surface area (Å²) in [5, 5.41) is 17.4. The van der Waals surface area contributed by atoms with Crippen molar-refractivity contribution in [2.75, 3.05) is 11.9 Å². The number of carbonyl (C=O) groups is 2. The molecule has 2 aromatic carbocycles. The molecule has 0 fully saturated rings. The second-order valence-electron chi connectivity index (χ2n) is 4.53. The van der Waals surface area contributed by atoms with Gasteiger partial charge in [0, 0.05) is 16.8 Å². The molecule has 0 bridgehead atoms. The van der Waals surface area contributed by atoms with E-state index < -0.39 is 11.9 Å². The van der Waals surface area contributed by atoms with Crippen LogP contribution in [0.25, 0.3) is 0 Å². The molecule has 23 heavy (non-hydrogen) atoms. The number of amides is 1. The van der Waals surface area contributed by atoms with Gasteiger partial charge in [-0.1, -0.05) is 24.3 Å². The van der Waals surface area contributed by atoms with E-state index in [9.17, 15) is 19.1 Å². The summed E-state index contributed by atoms with van der Waals surface area (Å²) >= 11 is 0. The maximum Gasteiger partial charge on any atom is 0.259 e. The molecule has 0 aromatic heterocycles. The molecule has 2 aromatic rings. The predicted molar refractivity (Wildman–Crippen MR) is 81.4 cm³/mol. The van der Waals surface area contributed by atoms with Crippen LogP contribution < -0.4 is 15.8 Å². The lowest BCUT2D eigenvalue weighted by atomic mass is 10.1. The van der Waals surface area contributed by atoms with Gasteiger partial charge in [0.05, 0.1) is 18.7 Å². The predicted octanol–water partition coefficient (Wildman–Crippen LogP) is 0.751. The molecule has 118 valence electrons. The van der Waals surface area contributed by atoms with Crippen LogP contribution in [0.4, 0.5) is 10.1 Å². The van der Waals surface area contributed by atoms with Gasteiger partial charge in [0.1, 0.15) is 5.82 Å². The van der Waals surface area contributed by atoms with Crippen LogP contribution in [0.3, 0.4) is 0 Å². The topological polar surface area (TPSA) is 93.6 Å². The van der Waals surface area contributed by atoms with E-state index in [0.717, 1.165) is 0 Å². The van der Waals surface area contributed by atoms with Crippen molar-refractivity contribution in [2.24, 2.45) is 5.10 Å². The Hall–Kier alpha value is -3.22. The number of hydrogen-bond donors (Lipinski definition) is 2. The fourth-order valence-electron chi connectivity index (χ4n) is 1.76. The molecule has 1 amide bonds. The maximum absolute atomic E-state index is 12.7. The Bertz CT molecular complexity index is 730. The van der Waals surface area contributed by atoms with Crippen LogP contribution in [0, 0.1) is 5.82 Å². The summed E-state index contributed by atoms with van der Waals surface area (Å²) in [4.78, 5) is 22.5. The third kappa shape index (κ3) is 4.92. The van der Waals surface area contributed by atoms with E-state index in [1.54, 1.807) is 12.1 Å². The Morgan fingerprint density at radius 1 is 1.13 bits per heavy atom. The molecule has 2 rings (SSSR count). The lowest BCUT2D eigenvalue weighted by molar-refractivity contribution is -0.255. The monoisotopic (exact) mass is 314 g/mol. The zero-order valence-corrected chi connectivity index (χ0v) is 12.0. The number of carbonyl (C=O) groups excluding carboxylic acids is 2. The van der Waals surface area contributed by atoms with Gasteiger partial charge < -0.3 is 15.2 Å². The minimum Gasteiger partial charge on any atom is -0.545 e. The molecule has 6 nitrogen and oxygen atoms in total. The van der Waals surface area contributed by atoms with Gasteiger partial charge in [-0.3, -0.25) is 4.79 Å². The largest absolute Gasteiger partial charge is 0.545 e. The second-order valence-corrected chi connectivity index (χ2v) is 4.53. The molecule has 0 radical (unpaired) electrons. The number of carboxylic acid groups (broad SMARTS) is 1. The molecule has 0 aliphatic rings. The zero-order chi connectivity index (χ0) is 16.7. The van der Waals surface area contributed by atoms with Gasteiger partial charge >= 0.3 is 0 Å². The van der Waals surface area contributed by atoms with Crippen molar-refractivity contribution in [3.8, 4) is 0 Å². The number of rotatable bonds is 6. The highest BCUT2D eigenvalue weighted by atomic mass is 19.1. The number of carboxylic acids is 1. The Kier molecular flexibility index (Phi) is 5.40. The standard InChI is InChI=1S/C16H14FN3O3/c17-12-5-7-13(8-6-12)18-10-15(21)20-19-9-11-3-1-2-4-14(11)16(22)23/h1-9,18H,10H2,(H,20,21)(H,22,23)/p-1/b19-9-. The Morgan fingerprint density at radius 3 is 2.52 bits per heavy atom. The van der Waals surface area contributed by atoms with Gasteiger partial charge in [0.2, 0.25) is 0 Å². The first-order valence-corrected chi connectivity index (χ1v) is 6.68. The molecule has 0 unspecified atom stereocenters. The number of benzene rings is 2. The number of halogens is 1. The average Bonchev–Trinajstić information content (AvgIpc) is 2.54. The molecular weight excluding hydrogens is 301 g/mol. The summed E-state index contributed by atoms with van der Waals surface area (Å²) in [5.74, 6) is -2.12. The highest BCUT2D eigenvalue weighted by molar-refractivity contribution is 5.97. The highest BCUT2D eigenvalue weighted by Crippen LogP contribution is 2.07. The van der Waals surface area contributed by atoms with Crippen molar-refractivity contribution < 1.29 is 19.1 Å². The fraction of sp³-hybridized carbons (Fsp3) is 0.0625. The van der Waals surface area contributed by atoms with E-state index in [0.29, 0.717) is 11.3 Å². The molecule has 7 heteroatoms. The number of aromatic carboxylic acids is 1. The molecule has 0 atom stereocenters. The number of hydrogen-bond acceptors (Lipinski definition) is 5. The number of hydrazone groups is 1. The van der Waals surface area contributed by atoms with Crippen LogP contribution >= 0.6 is 0 Å². The smallest absolute Gasteiger partial charge is 0.259 e. The number of nitrogens with zero attached hydrogens (tertiary/aromatic N) is 1. The highest BCUT2D eigenvalue weighted by Gasteiger charge is 2.01. The minimum absolute atomic E-state index is 0.0186. The molecule has 2 N–H and O–H groups in total. The maximum atomic E-state index is 12.7. The molecular formula is C16H13FN3O3-. The van der Waals surface area contributed by atoms with Crippen LogP contribution in [-0.2, 0) is 4.79 Å². The van der Waals surface area contributed by atoms with Gasteiger partial charge in [-0.15, -0.1) is 0 Å². The van der Waals surface area contributed by atoms with E-state index in [4.69, 9.17) is 0 Å². The second kappa shape index (κ2) is 7.69. The summed E-state index contributed by atoms with van der Waals surface area (Å²) in [6, 6.07) is 11.7. The third-order valence-electron chi connectivity index (χ3n) is 2.87. The SMILES string of the molecule is O=C(CNc1ccc(F)cc1)N/N=C\c1ccccc1C(=O)[O-]. The Balaban J connectivity index is 1.87. The number of nitrogens with one attached hydrogen (secondary N) is 2. The Labute approximate surface area is 131 Å². The van der Waals surface area contributed by atoms with Crippen molar-refractivity contribution in [3.63, 3.8) is 0 Å². The summed E-state index contributed by atoms with van der Waals surface area (Å²) in [7, 11) is 0. The first-order chi connectivity index (χ1) is 11.1. The van der Waals surface area contributed by atoms with E-state index >= 15 is 0 Å². The summed E-state index contributed by atoms with van der Waals surface area (Å²) < 4.78 is 12.7. The molecule has 0 aliphatic carbocycles. The average molecular weight is 314 g/mol. The van der Waals surface area contributed by atoms with Crippen LogP contribution in [0.5, 0.6) is 0 Å². The molecule has 0 saturated heterocycles. The van der Waals surface area contributed by atoms with E-state index in [2.05, 4.69) is 15.8 Å². The number of anilines is 1. The minimum atomic E-state index is -1.32. The lowest BCUT2D eigenvalue weighted by Crippen LogP contribution is -2.26. The van der Waals surface area contributed by atoms with Gasteiger partial charge in [-0.25, -0.2) is 9.82 Å². The van der Waals surface area contributed by atoms with Crippen LogP contribution in [-0.4, -0.2) is 24.6 Å². The van der Waals surface area contributed by atoms with Crippen molar-refractivity contribution in [1.29, 1.82) is 0 Å². The van der Waals surface area contributed by atoms with E-state index in [1.165, 1.54) is 42.6 Å². The summed E-state index contributed by atoms with van der Waals surface area (Å²) in [6.07, 6.45) is 1.22. The first-order valence-electron chi connectivity index (χ1n) is 6.68. The van der Waals surface area contributed by atoms with Crippen molar-refractivity contribution >= 4 is 23.8 Å². The van der Waals surface area contributed by atoms with Gasteiger partial charge in [-0.05, 0) is 24.3 Å². The van der Waals surface area contributed by atoms with Gasteiger partial charge in [0.15, 0.2) is 0 Å².